The quantitative estimate of drug-likeness (QED) is 0.451. The van der Waals surface area contributed by atoms with E-state index in [0.717, 1.165) is 5.56 Å². The Kier molecular flexibility index (Phi) is 5.81. The van der Waals surface area contributed by atoms with Gasteiger partial charge in [-0.15, -0.1) is 0 Å². The van der Waals surface area contributed by atoms with E-state index in [4.69, 9.17) is 4.42 Å². The molecule has 2 aromatic carbocycles. The summed E-state index contributed by atoms with van der Waals surface area (Å²) in [6.07, 6.45) is 0. The highest BCUT2D eigenvalue weighted by Gasteiger charge is 2.30. The van der Waals surface area contributed by atoms with Crippen molar-refractivity contribution in [1.82, 2.24) is 9.80 Å². The standard InChI is InChI=1S/C23H22FN3O4/c1-16-14-25(15-17-6-8-18(24)9-7-17)12-13-26(16)23(28)22-11-10-21(31-22)19-4-2-3-5-20(19)27(29)30/h2-11,16H,12-15H2,1H3/t16-/m0/s1. The Balaban J connectivity index is 1.44. The van der Waals surface area contributed by atoms with Crippen LogP contribution in [0.4, 0.5) is 10.1 Å². The Morgan fingerprint density at radius 3 is 2.58 bits per heavy atom. The molecule has 1 saturated heterocycles. The van der Waals surface area contributed by atoms with Crippen molar-refractivity contribution in [3.63, 3.8) is 0 Å². The van der Waals surface area contributed by atoms with E-state index in [-0.39, 0.29) is 29.2 Å². The predicted molar refractivity (Wildman–Crippen MR) is 113 cm³/mol. The molecule has 3 aromatic rings. The molecule has 1 amide bonds. The maximum absolute atomic E-state index is 13.1. The topological polar surface area (TPSA) is 79.8 Å². The van der Waals surface area contributed by atoms with E-state index in [1.54, 1.807) is 47.4 Å². The molecule has 0 aliphatic carbocycles. The van der Waals surface area contributed by atoms with Crippen molar-refractivity contribution in [2.45, 2.75) is 19.5 Å². The van der Waals surface area contributed by atoms with E-state index in [1.165, 1.54) is 18.2 Å². The molecule has 4 rings (SSSR count). The molecule has 1 atom stereocenters. The van der Waals surface area contributed by atoms with Gasteiger partial charge >= 0.3 is 0 Å². The van der Waals surface area contributed by atoms with Crippen molar-refractivity contribution >= 4 is 11.6 Å². The van der Waals surface area contributed by atoms with Crippen molar-refractivity contribution in [3.05, 3.63) is 87.9 Å². The average molecular weight is 423 g/mol. The summed E-state index contributed by atoms with van der Waals surface area (Å²) in [5.74, 6) is -0.0461. The molecule has 0 saturated carbocycles. The van der Waals surface area contributed by atoms with Crippen LogP contribution >= 0.6 is 0 Å². The van der Waals surface area contributed by atoms with Crippen molar-refractivity contribution < 1.29 is 18.5 Å². The van der Waals surface area contributed by atoms with Crippen LogP contribution in [-0.4, -0.2) is 46.3 Å². The van der Waals surface area contributed by atoms with Gasteiger partial charge in [-0.2, -0.15) is 0 Å². The van der Waals surface area contributed by atoms with Gasteiger partial charge < -0.3 is 9.32 Å². The van der Waals surface area contributed by atoms with E-state index < -0.39 is 4.92 Å². The number of rotatable bonds is 5. The summed E-state index contributed by atoms with van der Waals surface area (Å²) in [5, 5.41) is 11.3. The lowest BCUT2D eigenvalue weighted by Gasteiger charge is -2.39. The number of hydrogen-bond donors (Lipinski definition) is 0. The second kappa shape index (κ2) is 8.69. The molecule has 0 N–H and O–H groups in total. The molecule has 1 aromatic heterocycles. The minimum Gasteiger partial charge on any atom is -0.451 e. The number of nitro benzene ring substituents is 1. The van der Waals surface area contributed by atoms with Gasteiger partial charge in [0.2, 0.25) is 0 Å². The molecular weight excluding hydrogens is 401 g/mol. The van der Waals surface area contributed by atoms with E-state index in [9.17, 15) is 19.3 Å². The van der Waals surface area contributed by atoms with Crippen LogP contribution in [0.1, 0.15) is 23.0 Å². The number of nitro groups is 1. The van der Waals surface area contributed by atoms with Crippen LogP contribution in [0, 0.1) is 15.9 Å². The molecule has 160 valence electrons. The fraction of sp³-hybridized carbons (Fsp3) is 0.261. The highest BCUT2D eigenvalue weighted by Crippen LogP contribution is 2.31. The molecule has 8 heteroatoms. The summed E-state index contributed by atoms with van der Waals surface area (Å²) < 4.78 is 18.8. The first kappa shape index (κ1) is 20.7. The number of furan rings is 1. The molecule has 7 nitrogen and oxygen atoms in total. The van der Waals surface area contributed by atoms with Crippen molar-refractivity contribution in [3.8, 4) is 11.3 Å². The van der Waals surface area contributed by atoms with Crippen molar-refractivity contribution in [1.29, 1.82) is 0 Å². The van der Waals surface area contributed by atoms with Gasteiger partial charge in [0.05, 0.1) is 10.5 Å². The zero-order valence-corrected chi connectivity index (χ0v) is 17.0. The minimum atomic E-state index is -0.470. The number of amides is 1. The van der Waals surface area contributed by atoms with Gasteiger partial charge in [0, 0.05) is 38.3 Å². The Morgan fingerprint density at radius 1 is 1.13 bits per heavy atom. The van der Waals surface area contributed by atoms with Crippen LogP contribution < -0.4 is 0 Å². The summed E-state index contributed by atoms with van der Waals surface area (Å²) in [5.41, 5.74) is 1.29. The molecule has 0 spiro atoms. The molecule has 0 bridgehead atoms. The Labute approximate surface area is 178 Å². The summed E-state index contributed by atoms with van der Waals surface area (Å²) >= 11 is 0. The van der Waals surface area contributed by atoms with Crippen molar-refractivity contribution in [2.24, 2.45) is 0 Å². The van der Waals surface area contributed by atoms with E-state index in [2.05, 4.69) is 4.90 Å². The van der Waals surface area contributed by atoms with Crippen molar-refractivity contribution in [2.75, 3.05) is 19.6 Å². The third-order valence-corrected chi connectivity index (χ3v) is 5.47. The monoisotopic (exact) mass is 423 g/mol. The molecule has 31 heavy (non-hydrogen) atoms. The first-order chi connectivity index (χ1) is 14.9. The van der Waals surface area contributed by atoms with Crippen LogP contribution in [0.3, 0.4) is 0 Å². The predicted octanol–water partition coefficient (Wildman–Crippen LogP) is 4.34. The fourth-order valence-electron chi connectivity index (χ4n) is 3.91. The maximum Gasteiger partial charge on any atom is 0.289 e. The lowest BCUT2D eigenvalue weighted by atomic mass is 10.1. The number of carbonyl (C=O) groups excluding carboxylic acids is 1. The zero-order valence-electron chi connectivity index (χ0n) is 17.0. The molecule has 2 heterocycles. The maximum atomic E-state index is 13.1. The summed E-state index contributed by atoms with van der Waals surface area (Å²) in [7, 11) is 0. The summed E-state index contributed by atoms with van der Waals surface area (Å²) in [6.45, 7) is 4.56. The first-order valence-electron chi connectivity index (χ1n) is 10.0. The Bertz CT molecular complexity index is 1100. The second-order valence-corrected chi connectivity index (χ2v) is 7.65. The van der Waals surface area contributed by atoms with Gasteiger partial charge in [0.25, 0.3) is 11.6 Å². The van der Waals surface area contributed by atoms with Crippen LogP contribution in [0.5, 0.6) is 0 Å². The Morgan fingerprint density at radius 2 is 1.87 bits per heavy atom. The van der Waals surface area contributed by atoms with Gasteiger partial charge in [-0.25, -0.2) is 4.39 Å². The molecule has 1 aliphatic heterocycles. The number of piperazine rings is 1. The highest BCUT2D eigenvalue weighted by atomic mass is 19.1. The summed E-state index contributed by atoms with van der Waals surface area (Å²) in [4.78, 5) is 27.8. The fourth-order valence-corrected chi connectivity index (χ4v) is 3.91. The highest BCUT2D eigenvalue weighted by molar-refractivity contribution is 5.92. The van der Waals surface area contributed by atoms with Gasteiger partial charge in [-0.1, -0.05) is 24.3 Å². The lowest BCUT2D eigenvalue weighted by Crippen LogP contribution is -2.53. The third kappa shape index (κ3) is 4.49. The minimum absolute atomic E-state index is 0.0405. The van der Waals surface area contributed by atoms with E-state index in [0.29, 0.717) is 37.5 Å². The van der Waals surface area contributed by atoms with Crippen LogP contribution in [0.25, 0.3) is 11.3 Å². The number of carbonyl (C=O) groups is 1. The molecular formula is C23H22FN3O4. The average Bonchev–Trinajstić information content (AvgIpc) is 3.25. The van der Waals surface area contributed by atoms with Crippen LogP contribution in [0.2, 0.25) is 0 Å². The summed E-state index contributed by atoms with van der Waals surface area (Å²) in [6, 6.07) is 15.8. The number of hydrogen-bond acceptors (Lipinski definition) is 5. The number of benzene rings is 2. The van der Waals surface area contributed by atoms with Gasteiger partial charge in [0.1, 0.15) is 11.6 Å². The number of para-hydroxylation sites is 1. The van der Waals surface area contributed by atoms with Gasteiger partial charge in [0.15, 0.2) is 5.76 Å². The van der Waals surface area contributed by atoms with Crippen LogP contribution in [0.15, 0.2) is 65.1 Å². The number of nitrogens with zero attached hydrogens (tertiary/aromatic N) is 3. The molecule has 0 unspecified atom stereocenters. The molecule has 1 fully saturated rings. The first-order valence-corrected chi connectivity index (χ1v) is 10.0. The zero-order chi connectivity index (χ0) is 22.0. The molecule has 1 aliphatic rings. The second-order valence-electron chi connectivity index (χ2n) is 7.65. The SMILES string of the molecule is C[C@H]1CN(Cc2ccc(F)cc2)CCN1C(=O)c1ccc(-c2ccccc2[N+](=O)[O-])o1. The lowest BCUT2D eigenvalue weighted by molar-refractivity contribution is -0.384. The largest absolute Gasteiger partial charge is 0.451 e. The normalized spacial score (nSPS) is 17.0. The Hall–Kier alpha value is -3.52. The van der Waals surface area contributed by atoms with E-state index >= 15 is 0 Å². The molecule has 0 radical (unpaired) electrons. The van der Waals surface area contributed by atoms with Gasteiger partial charge in [-0.3, -0.25) is 19.8 Å². The number of halogens is 1. The van der Waals surface area contributed by atoms with Crippen LogP contribution in [-0.2, 0) is 6.54 Å². The third-order valence-electron chi connectivity index (χ3n) is 5.47. The smallest absolute Gasteiger partial charge is 0.289 e. The van der Waals surface area contributed by atoms with E-state index in [1.807, 2.05) is 6.92 Å². The van der Waals surface area contributed by atoms with Gasteiger partial charge in [-0.05, 0) is 42.8 Å².